The monoisotopic (exact) mass is 628 g/mol. The Labute approximate surface area is 260 Å². The Hall–Kier alpha value is -3.05. The fourth-order valence-electron chi connectivity index (χ4n) is 3.05. The Morgan fingerprint density at radius 1 is 0.977 bits per heavy atom. The number of allylic oxidation sites excluding steroid dienone is 2. The summed E-state index contributed by atoms with van der Waals surface area (Å²) in [7, 11) is 0. The van der Waals surface area contributed by atoms with Gasteiger partial charge in [0.1, 0.15) is 5.92 Å². The molecule has 1 heterocycles. The molecule has 0 spiro atoms. The number of esters is 1. The summed E-state index contributed by atoms with van der Waals surface area (Å²) < 4.78 is 4.81. The van der Waals surface area contributed by atoms with Crippen molar-refractivity contribution >= 4 is 41.0 Å². The molecular formula is C32H52O10S. The number of aliphatic hydroxyl groups excluding tert-OH is 1. The molecular weight excluding hydrogens is 576 g/mol. The Kier molecular flexibility index (Phi) is 22.9. The van der Waals surface area contributed by atoms with Crippen LogP contribution in [-0.2, 0) is 23.9 Å². The van der Waals surface area contributed by atoms with Crippen LogP contribution in [0.5, 0.6) is 0 Å². The quantitative estimate of drug-likeness (QED) is 0.101. The standard InChI is InChI=1S/C8H8O3S.C7H12O2.C6H12O2.C6H10O.C5H10O2/c1-5(8(10)11)7(9)6-2-3-12-4-6;1-2-9-7(8)6-4-3-5-6;1-3-4-5(2)6(7)8;7-5-6-3-1-2-4-6;1-5(2,3)4(6)7/h2-5H,1H3,(H,10,11);6H,2-5H2,1H3;5H,3-4H2,1-2H3,(H,7,8);1-2,6-7H,3-5H2;1-3H3,(H,6,7). The van der Waals surface area contributed by atoms with Crippen LogP contribution in [0.2, 0.25) is 0 Å². The van der Waals surface area contributed by atoms with E-state index >= 15 is 0 Å². The van der Waals surface area contributed by atoms with E-state index in [0.29, 0.717) is 24.7 Å². The maximum Gasteiger partial charge on any atom is 0.314 e. The molecule has 0 amide bonds. The summed E-state index contributed by atoms with van der Waals surface area (Å²) in [5.74, 6) is -3.18. The summed E-state index contributed by atoms with van der Waals surface area (Å²) in [4.78, 5) is 52.6. The topological polar surface area (TPSA) is 175 Å². The van der Waals surface area contributed by atoms with Crippen molar-refractivity contribution in [3.63, 3.8) is 0 Å². The van der Waals surface area contributed by atoms with Gasteiger partial charge >= 0.3 is 23.9 Å². The van der Waals surface area contributed by atoms with E-state index in [9.17, 15) is 24.0 Å². The molecule has 1 saturated carbocycles. The van der Waals surface area contributed by atoms with Crippen molar-refractivity contribution in [1.82, 2.24) is 0 Å². The number of thiophene rings is 1. The molecule has 1 fully saturated rings. The van der Waals surface area contributed by atoms with Gasteiger partial charge in [-0.15, -0.1) is 0 Å². The summed E-state index contributed by atoms with van der Waals surface area (Å²) in [6.45, 7) is 12.8. The number of ketones is 1. The highest BCUT2D eigenvalue weighted by Crippen LogP contribution is 2.27. The molecule has 2 unspecified atom stereocenters. The second kappa shape index (κ2) is 23.4. The van der Waals surface area contributed by atoms with Gasteiger partial charge in [0.05, 0.1) is 23.9 Å². The van der Waals surface area contributed by atoms with Crippen LogP contribution in [0.25, 0.3) is 0 Å². The van der Waals surface area contributed by atoms with Crippen LogP contribution < -0.4 is 0 Å². The predicted octanol–water partition coefficient (Wildman–Crippen LogP) is 6.57. The van der Waals surface area contributed by atoms with Gasteiger partial charge in [-0.05, 0) is 84.1 Å². The molecule has 10 nitrogen and oxygen atoms in total. The first-order chi connectivity index (χ1) is 20.0. The van der Waals surface area contributed by atoms with Gasteiger partial charge in [0.25, 0.3) is 0 Å². The molecule has 0 bridgehead atoms. The maximum atomic E-state index is 11.3. The summed E-state index contributed by atoms with van der Waals surface area (Å²) in [5, 5.41) is 37.0. The number of Topliss-reactive ketones (excluding diaryl/α,β-unsaturated/α-hetero) is 1. The molecule has 11 heteroatoms. The number of hydrogen-bond donors (Lipinski definition) is 4. The van der Waals surface area contributed by atoms with Gasteiger partial charge in [0.2, 0.25) is 0 Å². The minimum absolute atomic E-state index is 0.00347. The average molecular weight is 629 g/mol. The number of carboxylic acid groups (broad SMARTS) is 3. The number of aliphatic carboxylic acids is 3. The zero-order valence-corrected chi connectivity index (χ0v) is 27.5. The Morgan fingerprint density at radius 3 is 1.77 bits per heavy atom. The first-order valence-corrected chi connectivity index (χ1v) is 15.6. The lowest BCUT2D eigenvalue weighted by atomic mass is 9.86. The van der Waals surface area contributed by atoms with Crippen LogP contribution in [0.3, 0.4) is 0 Å². The van der Waals surface area contributed by atoms with E-state index in [4.69, 9.17) is 25.2 Å². The Balaban J connectivity index is 0. The van der Waals surface area contributed by atoms with Gasteiger partial charge in [-0.1, -0.05) is 38.8 Å². The largest absolute Gasteiger partial charge is 0.481 e. The predicted molar refractivity (Wildman–Crippen MR) is 167 cm³/mol. The van der Waals surface area contributed by atoms with E-state index in [1.807, 2.05) is 13.8 Å². The van der Waals surface area contributed by atoms with E-state index in [1.54, 1.807) is 44.5 Å². The van der Waals surface area contributed by atoms with Crippen LogP contribution in [-0.4, -0.2) is 63.3 Å². The second-order valence-electron chi connectivity index (χ2n) is 11.4. The average Bonchev–Trinajstić information content (AvgIpc) is 3.63. The molecule has 1 aromatic heterocycles. The number of carbonyl (C=O) groups is 5. The molecule has 4 N–H and O–H groups in total. The number of carbonyl (C=O) groups excluding carboxylic acids is 2. The highest BCUT2D eigenvalue weighted by Gasteiger charge is 2.26. The molecule has 0 aromatic carbocycles. The lowest BCUT2D eigenvalue weighted by Crippen LogP contribution is -2.23. The minimum Gasteiger partial charge on any atom is -0.481 e. The summed E-state index contributed by atoms with van der Waals surface area (Å²) in [6, 6.07) is 1.63. The summed E-state index contributed by atoms with van der Waals surface area (Å²) >= 11 is 1.38. The molecule has 3 rings (SSSR count). The third kappa shape index (κ3) is 20.5. The van der Waals surface area contributed by atoms with Crippen molar-refractivity contribution in [1.29, 1.82) is 0 Å². The number of hydrogen-bond acceptors (Lipinski definition) is 8. The van der Waals surface area contributed by atoms with Crippen LogP contribution in [0, 0.1) is 29.1 Å². The number of aliphatic hydroxyl groups is 1. The maximum absolute atomic E-state index is 11.3. The highest BCUT2D eigenvalue weighted by molar-refractivity contribution is 7.08. The van der Waals surface area contributed by atoms with Gasteiger partial charge in [0.15, 0.2) is 5.78 Å². The minimum atomic E-state index is -1.08. The molecule has 2 aliphatic rings. The normalized spacial score (nSPS) is 15.2. The third-order valence-corrected chi connectivity index (χ3v) is 7.13. The van der Waals surface area contributed by atoms with Crippen molar-refractivity contribution in [2.24, 2.45) is 29.1 Å². The van der Waals surface area contributed by atoms with Crippen molar-refractivity contribution < 1.29 is 49.1 Å². The number of ether oxygens (including phenoxy) is 1. The lowest BCUT2D eigenvalue weighted by molar-refractivity contribution is -0.151. The SMILES string of the molecule is CC(C(=O)O)C(=O)c1ccsc1.CC(C)(C)C(=O)O.CCCC(C)C(=O)O.CCOC(=O)C1CCC1.OCC1CC=CC1. The van der Waals surface area contributed by atoms with Gasteiger partial charge in [-0.2, -0.15) is 11.3 Å². The van der Waals surface area contributed by atoms with Gasteiger partial charge in [-0.3, -0.25) is 24.0 Å². The van der Waals surface area contributed by atoms with Crippen LogP contribution in [0.15, 0.2) is 29.0 Å². The lowest BCUT2D eigenvalue weighted by Gasteiger charge is -2.22. The number of carboxylic acids is 3. The van der Waals surface area contributed by atoms with Crippen molar-refractivity contribution in [3.8, 4) is 0 Å². The molecule has 246 valence electrons. The molecule has 0 radical (unpaired) electrons. The third-order valence-electron chi connectivity index (χ3n) is 6.44. The first-order valence-electron chi connectivity index (χ1n) is 14.7. The van der Waals surface area contributed by atoms with Crippen molar-refractivity contribution in [2.75, 3.05) is 13.2 Å². The van der Waals surface area contributed by atoms with Gasteiger partial charge in [-0.25, -0.2) is 0 Å². The first kappa shape index (κ1) is 42.1. The van der Waals surface area contributed by atoms with Gasteiger partial charge < -0.3 is 25.2 Å². The Bertz CT molecular complexity index is 967. The molecule has 0 saturated heterocycles. The van der Waals surface area contributed by atoms with E-state index in [1.165, 1.54) is 24.7 Å². The van der Waals surface area contributed by atoms with Crippen molar-refractivity contribution in [3.05, 3.63) is 34.5 Å². The Morgan fingerprint density at radius 2 is 1.51 bits per heavy atom. The highest BCUT2D eigenvalue weighted by atomic mass is 32.1. The fourth-order valence-corrected chi connectivity index (χ4v) is 3.70. The van der Waals surface area contributed by atoms with Gasteiger partial charge in [0, 0.05) is 17.6 Å². The van der Waals surface area contributed by atoms with Crippen LogP contribution >= 0.6 is 11.3 Å². The zero-order chi connectivity index (χ0) is 33.6. The number of rotatable bonds is 9. The molecule has 43 heavy (non-hydrogen) atoms. The van der Waals surface area contributed by atoms with E-state index < -0.39 is 29.2 Å². The smallest absolute Gasteiger partial charge is 0.314 e. The zero-order valence-electron chi connectivity index (χ0n) is 26.7. The van der Waals surface area contributed by atoms with Crippen LogP contribution in [0.4, 0.5) is 0 Å². The fraction of sp³-hybridized carbons (Fsp3) is 0.656. The molecule has 2 aliphatic carbocycles. The molecule has 1 aromatic rings. The molecule has 0 aliphatic heterocycles. The molecule has 2 atom stereocenters. The van der Waals surface area contributed by atoms with E-state index in [-0.39, 0.29) is 23.6 Å². The summed E-state index contributed by atoms with van der Waals surface area (Å²) in [5.41, 5.74) is -0.102. The van der Waals surface area contributed by atoms with E-state index in [2.05, 4.69) is 12.2 Å². The second-order valence-corrected chi connectivity index (χ2v) is 12.2. The summed E-state index contributed by atoms with van der Waals surface area (Å²) in [6.07, 6.45) is 11.4. The van der Waals surface area contributed by atoms with Crippen LogP contribution in [0.1, 0.15) is 104 Å². The van der Waals surface area contributed by atoms with E-state index in [0.717, 1.165) is 38.5 Å². The van der Waals surface area contributed by atoms with Crippen molar-refractivity contribution in [2.45, 2.75) is 93.4 Å².